The number of hydrogen-bond donors (Lipinski definition) is 1. The van der Waals surface area contributed by atoms with E-state index in [4.69, 9.17) is 5.73 Å². The summed E-state index contributed by atoms with van der Waals surface area (Å²) in [6.07, 6.45) is 3.20. The molecule has 2 unspecified atom stereocenters. The Kier molecular flexibility index (Phi) is 6.65. The van der Waals surface area contributed by atoms with Gasteiger partial charge in [0.25, 0.3) is 0 Å². The molecule has 0 radical (unpaired) electrons. The fourth-order valence-electron chi connectivity index (χ4n) is 2.63. The highest BCUT2D eigenvalue weighted by Gasteiger charge is 2.27. The standard InChI is InChI=1S/C14H29N3O/c1-4-7-17(8-5-2)14(18)11-16-9-6-13(10-16)12(3)15/h12-13H,4-11,15H2,1-3H3. The Labute approximate surface area is 111 Å². The van der Waals surface area contributed by atoms with Crippen molar-refractivity contribution in [1.29, 1.82) is 0 Å². The number of nitrogens with zero attached hydrogens (tertiary/aromatic N) is 2. The maximum absolute atomic E-state index is 12.2. The predicted molar refractivity (Wildman–Crippen MR) is 75.4 cm³/mol. The minimum atomic E-state index is 0.243. The summed E-state index contributed by atoms with van der Waals surface area (Å²) in [5.41, 5.74) is 5.92. The molecule has 106 valence electrons. The van der Waals surface area contributed by atoms with Crippen LogP contribution in [0.2, 0.25) is 0 Å². The first kappa shape index (κ1) is 15.4. The smallest absolute Gasteiger partial charge is 0.236 e. The van der Waals surface area contributed by atoms with Gasteiger partial charge in [-0.2, -0.15) is 0 Å². The van der Waals surface area contributed by atoms with E-state index in [2.05, 4.69) is 25.7 Å². The van der Waals surface area contributed by atoms with Crippen LogP contribution in [0.3, 0.4) is 0 Å². The molecule has 1 saturated heterocycles. The maximum Gasteiger partial charge on any atom is 0.236 e. The SMILES string of the molecule is CCCN(CCC)C(=O)CN1CCC(C(C)N)C1. The monoisotopic (exact) mass is 255 g/mol. The molecule has 1 aliphatic heterocycles. The third kappa shape index (κ3) is 4.58. The Morgan fingerprint density at radius 1 is 1.39 bits per heavy atom. The fourth-order valence-corrected chi connectivity index (χ4v) is 2.63. The van der Waals surface area contributed by atoms with Gasteiger partial charge in [0.15, 0.2) is 0 Å². The number of carbonyl (C=O) groups is 1. The van der Waals surface area contributed by atoms with E-state index in [1.165, 1.54) is 0 Å². The highest BCUT2D eigenvalue weighted by molar-refractivity contribution is 5.78. The molecule has 2 atom stereocenters. The Hall–Kier alpha value is -0.610. The van der Waals surface area contributed by atoms with Gasteiger partial charge in [-0.3, -0.25) is 9.69 Å². The fraction of sp³-hybridized carbons (Fsp3) is 0.929. The zero-order chi connectivity index (χ0) is 13.5. The van der Waals surface area contributed by atoms with Gasteiger partial charge in [0.05, 0.1) is 6.54 Å². The van der Waals surface area contributed by atoms with E-state index in [0.717, 1.165) is 45.4 Å². The normalized spacial score (nSPS) is 22.1. The van der Waals surface area contributed by atoms with Gasteiger partial charge < -0.3 is 10.6 Å². The van der Waals surface area contributed by atoms with Crippen LogP contribution in [0.15, 0.2) is 0 Å². The minimum Gasteiger partial charge on any atom is -0.342 e. The number of hydrogen-bond acceptors (Lipinski definition) is 3. The molecule has 1 heterocycles. The summed E-state index contributed by atoms with van der Waals surface area (Å²) < 4.78 is 0. The van der Waals surface area contributed by atoms with Crippen molar-refractivity contribution in [2.45, 2.75) is 46.1 Å². The van der Waals surface area contributed by atoms with Crippen molar-refractivity contribution >= 4 is 5.91 Å². The molecule has 18 heavy (non-hydrogen) atoms. The Bertz CT molecular complexity index is 249. The maximum atomic E-state index is 12.2. The Morgan fingerprint density at radius 3 is 2.44 bits per heavy atom. The second-order valence-electron chi connectivity index (χ2n) is 5.52. The first-order chi connectivity index (χ1) is 8.58. The van der Waals surface area contributed by atoms with Crippen LogP contribution < -0.4 is 5.73 Å². The molecular formula is C14H29N3O. The first-order valence-corrected chi connectivity index (χ1v) is 7.34. The third-order valence-electron chi connectivity index (χ3n) is 3.75. The van der Waals surface area contributed by atoms with Crippen LogP contribution in [-0.2, 0) is 4.79 Å². The van der Waals surface area contributed by atoms with Crippen molar-refractivity contribution in [3.63, 3.8) is 0 Å². The predicted octanol–water partition coefficient (Wildman–Crippen LogP) is 1.30. The molecular weight excluding hydrogens is 226 g/mol. The number of rotatable bonds is 7. The molecule has 1 amide bonds. The lowest BCUT2D eigenvalue weighted by molar-refractivity contribution is -0.132. The molecule has 1 fully saturated rings. The summed E-state index contributed by atoms with van der Waals surface area (Å²) in [4.78, 5) is 16.5. The quantitative estimate of drug-likeness (QED) is 0.746. The zero-order valence-corrected chi connectivity index (χ0v) is 12.2. The summed E-state index contributed by atoms with van der Waals surface area (Å²) >= 11 is 0. The molecule has 0 aliphatic carbocycles. The third-order valence-corrected chi connectivity index (χ3v) is 3.75. The van der Waals surface area contributed by atoms with E-state index >= 15 is 0 Å². The van der Waals surface area contributed by atoms with E-state index in [9.17, 15) is 4.79 Å². The van der Waals surface area contributed by atoms with Gasteiger partial charge in [0.1, 0.15) is 0 Å². The second kappa shape index (κ2) is 7.74. The van der Waals surface area contributed by atoms with Crippen LogP contribution in [0.5, 0.6) is 0 Å². The highest BCUT2D eigenvalue weighted by Crippen LogP contribution is 2.18. The van der Waals surface area contributed by atoms with Crippen LogP contribution >= 0.6 is 0 Å². The van der Waals surface area contributed by atoms with Gasteiger partial charge in [-0.05, 0) is 38.6 Å². The van der Waals surface area contributed by atoms with Crippen molar-refractivity contribution in [3.05, 3.63) is 0 Å². The molecule has 0 aromatic rings. The van der Waals surface area contributed by atoms with Gasteiger partial charge in [-0.1, -0.05) is 13.8 Å². The summed E-state index contributed by atoms with van der Waals surface area (Å²) in [7, 11) is 0. The second-order valence-corrected chi connectivity index (χ2v) is 5.52. The van der Waals surface area contributed by atoms with Crippen molar-refractivity contribution in [3.8, 4) is 0 Å². The van der Waals surface area contributed by atoms with E-state index < -0.39 is 0 Å². The molecule has 0 aromatic heterocycles. The average Bonchev–Trinajstić information content (AvgIpc) is 2.77. The number of nitrogens with two attached hydrogens (primary N) is 1. The van der Waals surface area contributed by atoms with Crippen molar-refractivity contribution in [2.24, 2.45) is 11.7 Å². The van der Waals surface area contributed by atoms with Crippen LogP contribution in [0.4, 0.5) is 0 Å². The van der Waals surface area contributed by atoms with Gasteiger partial charge in [-0.25, -0.2) is 0 Å². The average molecular weight is 255 g/mol. The van der Waals surface area contributed by atoms with Crippen LogP contribution in [-0.4, -0.2) is 54.5 Å². The lowest BCUT2D eigenvalue weighted by atomic mass is 10.0. The number of amides is 1. The van der Waals surface area contributed by atoms with Crippen molar-refractivity contribution < 1.29 is 4.79 Å². The number of likely N-dealkylation sites (tertiary alicyclic amines) is 1. The number of carbonyl (C=O) groups excluding carboxylic acids is 1. The topological polar surface area (TPSA) is 49.6 Å². The van der Waals surface area contributed by atoms with Crippen LogP contribution in [0, 0.1) is 5.92 Å². The largest absolute Gasteiger partial charge is 0.342 e. The zero-order valence-electron chi connectivity index (χ0n) is 12.2. The molecule has 1 rings (SSSR count). The van der Waals surface area contributed by atoms with E-state index in [0.29, 0.717) is 12.5 Å². The molecule has 1 aliphatic rings. The van der Waals surface area contributed by atoms with Crippen LogP contribution in [0.25, 0.3) is 0 Å². The lowest BCUT2D eigenvalue weighted by Gasteiger charge is -2.25. The summed E-state index contributed by atoms with van der Waals surface area (Å²) in [5, 5.41) is 0. The first-order valence-electron chi connectivity index (χ1n) is 7.34. The summed E-state index contributed by atoms with van der Waals surface area (Å²) in [6.45, 7) is 10.7. The lowest BCUT2D eigenvalue weighted by Crippen LogP contribution is -2.41. The molecule has 4 heteroatoms. The summed E-state index contributed by atoms with van der Waals surface area (Å²) in [6, 6.07) is 0.243. The summed E-state index contributed by atoms with van der Waals surface area (Å²) in [5.74, 6) is 0.840. The van der Waals surface area contributed by atoms with Crippen molar-refractivity contribution in [1.82, 2.24) is 9.80 Å². The molecule has 0 spiro atoms. The van der Waals surface area contributed by atoms with Crippen LogP contribution in [0.1, 0.15) is 40.0 Å². The van der Waals surface area contributed by atoms with Gasteiger partial charge in [0.2, 0.25) is 5.91 Å². The minimum absolute atomic E-state index is 0.243. The molecule has 4 nitrogen and oxygen atoms in total. The highest BCUT2D eigenvalue weighted by atomic mass is 16.2. The van der Waals surface area contributed by atoms with E-state index in [1.54, 1.807) is 0 Å². The van der Waals surface area contributed by atoms with E-state index in [-0.39, 0.29) is 11.9 Å². The molecule has 0 saturated carbocycles. The molecule has 0 bridgehead atoms. The molecule has 0 aromatic carbocycles. The van der Waals surface area contributed by atoms with Gasteiger partial charge in [0, 0.05) is 25.7 Å². The van der Waals surface area contributed by atoms with Gasteiger partial charge >= 0.3 is 0 Å². The molecule has 2 N–H and O–H groups in total. The Morgan fingerprint density at radius 2 is 2.00 bits per heavy atom. The van der Waals surface area contributed by atoms with Crippen molar-refractivity contribution in [2.75, 3.05) is 32.7 Å². The Balaban J connectivity index is 2.39. The van der Waals surface area contributed by atoms with Gasteiger partial charge in [-0.15, -0.1) is 0 Å². The van der Waals surface area contributed by atoms with E-state index in [1.807, 2.05) is 4.90 Å².